The van der Waals surface area contributed by atoms with Crippen molar-refractivity contribution in [2.75, 3.05) is 6.54 Å². The highest BCUT2D eigenvalue weighted by Crippen LogP contribution is 2.28. The third-order valence-corrected chi connectivity index (χ3v) is 3.23. The van der Waals surface area contributed by atoms with E-state index in [-0.39, 0.29) is 35.2 Å². The van der Waals surface area contributed by atoms with Gasteiger partial charge in [-0.25, -0.2) is 0 Å². The number of hydrogen-bond acceptors (Lipinski definition) is 2. The molecule has 2 unspecified atom stereocenters. The summed E-state index contributed by atoms with van der Waals surface area (Å²) in [6.45, 7) is 12.4. The largest absolute Gasteiger partial charge is 0.342 e. The van der Waals surface area contributed by atoms with Crippen molar-refractivity contribution in [1.29, 1.82) is 0 Å². The Morgan fingerprint density at radius 1 is 1.29 bits per heavy atom. The van der Waals surface area contributed by atoms with Gasteiger partial charge < -0.3 is 10.2 Å². The van der Waals surface area contributed by atoms with Gasteiger partial charge in [0, 0.05) is 6.54 Å². The maximum absolute atomic E-state index is 12.3. The van der Waals surface area contributed by atoms with Crippen LogP contribution in [0, 0.1) is 11.3 Å². The molecule has 0 spiro atoms. The highest BCUT2D eigenvalue weighted by molar-refractivity contribution is 5.97. The molecule has 98 valence electrons. The number of nitrogens with one attached hydrogen (secondary N) is 1. The van der Waals surface area contributed by atoms with E-state index in [1.54, 1.807) is 4.90 Å². The van der Waals surface area contributed by atoms with Gasteiger partial charge in [-0.05, 0) is 18.3 Å². The van der Waals surface area contributed by atoms with E-state index < -0.39 is 0 Å². The summed E-state index contributed by atoms with van der Waals surface area (Å²) in [4.78, 5) is 26.2. The number of amides is 2. The van der Waals surface area contributed by atoms with E-state index in [4.69, 9.17) is 0 Å². The van der Waals surface area contributed by atoms with Crippen LogP contribution < -0.4 is 5.32 Å². The number of carbonyl (C=O) groups is 2. The molecule has 17 heavy (non-hydrogen) atoms. The van der Waals surface area contributed by atoms with Crippen LogP contribution in [0.25, 0.3) is 0 Å². The number of nitrogens with zero attached hydrogens (tertiary/aromatic N) is 1. The Kier molecular flexibility index (Phi) is 3.84. The zero-order chi connectivity index (χ0) is 13.4. The van der Waals surface area contributed by atoms with Crippen LogP contribution in [-0.2, 0) is 9.59 Å². The third-order valence-electron chi connectivity index (χ3n) is 3.23. The van der Waals surface area contributed by atoms with E-state index in [1.807, 2.05) is 41.5 Å². The van der Waals surface area contributed by atoms with E-state index in [0.717, 1.165) is 0 Å². The van der Waals surface area contributed by atoms with Gasteiger partial charge in [0.2, 0.25) is 11.8 Å². The molecule has 0 radical (unpaired) electrons. The van der Waals surface area contributed by atoms with E-state index in [9.17, 15) is 9.59 Å². The fourth-order valence-electron chi connectivity index (χ4n) is 2.39. The highest BCUT2D eigenvalue weighted by Gasteiger charge is 2.45. The Hall–Kier alpha value is -1.06. The van der Waals surface area contributed by atoms with Gasteiger partial charge >= 0.3 is 0 Å². The van der Waals surface area contributed by atoms with Crippen molar-refractivity contribution in [3.63, 3.8) is 0 Å². The average Bonchev–Trinajstić information content (AvgIpc) is 2.17. The summed E-state index contributed by atoms with van der Waals surface area (Å²) < 4.78 is 0. The highest BCUT2D eigenvalue weighted by atomic mass is 16.2. The number of likely N-dealkylation sites (N-methyl/N-ethyl adjacent to an activating group) is 1. The van der Waals surface area contributed by atoms with Crippen molar-refractivity contribution in [3.8, 4) is 0 Å². The van der Waals surface area contributed by atoms with Gasteiger partial charge in [-0.3, -0.25) is 9.59 Å². The lowest BCUT2D eigenvalue weighted by molar-refractivity contribution is -0.154. The molecule has 0 saturated carbocycles. The number of hydrogen-bond donors (Lipinski definition) is 1. The Morgan fingerprint density at radius 3 is 2.18 bits per heavy atom. The molecule has 4 nitrogen and oxygen atoms in total. The SMILES string of the molecule is CCN1C(=O)C(C(C)C)NC(=O)C1C(C)(C)C. The van der Waals surface area contributed by atoms with Gasteiger partial charge in [-0.2, -0.15) is 0 Å². The zero-order valence-electron chi connectivity index (χ0n) is 11.7. The van der Waals surface area contributed by atoms with E-state index >= 15 is 0 Å². The molecule has 0 aromatic rings. The summed E-state index contributed by atoms with van der Waals surface area (Å²) in [5.41, 5.74) is -0.238. The Bertz CT molecular complexity index is 318. The maximum Gasteiger partial charge on any atom is 0.246 e. The average molecular weight is 240 g/mol. The van der Waals surface area contributed by atoms with Gasteiger partial charge in [0.05, 0.1) is 0 Å². The normalized spacial score (nSPS) is 26.4. The molecule has 0 aromatic heterocycles. The van der Waals surface area contributed by atoms with Gasteiger partial charge in [-0.15, -0.1) is 0 Å². The van der Waals surface area contributed by atoms with Crippen molar-refractivity contribution in [2.45, 2.75) is 53.6 Å². The second-order valence-corrected chi connectivity index (χ2v) is 6.12. The van der Waals surface area contributed by atoms with Crippen LogP contribution >= 0.6 is 0 Å². The first-order chi connectivity index (χ1) is 7.70. The van der Waals surface area contributed by atoms with Crippen LogP contribution in [0.5, 0.6) is 0 Å². The fraction of sp³-hybridized carbons (Fsp3) is 0.846. The Labute approximate surface area is 104 Å². The smallest absolute Gasteiger partial charge is 0.246 e. The lowest BCUT2D eigenvalue weighted by Crippen LogP contribution is -2.67. The molecule has 1 fully saturated rings. The minimum atomic E-state index is -0.374. The second-order valence-electron chi connectivity index (χ2n) is 6.12. The Morgan fingerprint density at radius 2 is 1.82 bits per heavy atom. The molecule has 4 heteroatoms. The molecule has 2 amide bonds. The lowest BCUT2D eigenvalue weighted by Gasteiger charge is -2.45. The summed E-state index contributed by atoms with van der Waals surface area (Å²) in [5, 5.41) is 2.86. The van der Waals surface area contributed by atoms with Gasteiger partial charge in [0.25, 0.3) is 0 Å². The van der Waals surface area contributed by atoms with Crippen LogP contribution in [0.4, 0.5) is 0 Å². The van der Waals surface area contributed by atoms with Crippen molar-refractivity contribution in [2.24, 2.45) is 11.3 Å². The number of carbonyl (C=O) groups excluding carboxylic acids is 2. The van der Waals surface area contributed by atoms with Crippen molar-refractivity contribution >= 4 is 11.8 Å². The van der Waals surface area contributed by atoms with Crippen LogP contribution in [0.2, 0.25) is 0 Å². The van der Waals surface area contributed by atoms with Crippen molar-refractivity contribution in [3.05, 3.63) is 0 Å². The van der Waals surface area contributed by atoms with Gasteiger partial charge in [0.1, 0.15) is 12.1 Å². The molecule has 0 aliphatic carbocycles. The molecule has 2 atom stereocenters. The minimum Gasteiger partial charge on any atom is -0.342 e. The molecule has 1 N–H and O–H groups in total. The van der Waals surface area contributed by atoms with Crippen LogP contribution in [0.15, 0.2) is 0 Å². The first-order valence-electron chi connectivity index (χ1n) is 6.31. The number of rotatable bonds is 2. The molecular weight excluding hydrogens is 216 g/mol. The third kappa shape index (κ3) is 2.61. The van der Waals surface area contributed by atoms with Crippen LogP contribution in [0.3, 0.4) is 0 Å². The van der Waals surface area contributed by atoms with Crippen molar-refractivity contribution in [1.82, 2.24) is 10.2 Å². The standard InChI is InChI=1S/C13H24N2O2/c1-7-15-10(13(4,5)6)11(16)14-9(8(2)3)12(15)17/h8-10H,7H2,1-6H3,(H,14,16). The minimum absolute atomic E-state index is 0.0300. The molecule has 1 saturated heterocycles. The van der Waals surface area contributed by atoms with Crippen LogP contribution in [-0.4, -0.2) is 35.3 Å². The molecule has 0 bridgehead atoms. The van der Waals surface area contributed by atoms with Gasteiger partial charge in [-0.1, -0.05) is 34.6 Å². The lowest BCUT2D eigenvalue weighted by atomic mass is 9.82. The molecule has 1 heterocycles. The van der Waals surface area contributed by atoms with E-state index in [1.165, 1.54) is 0 Å². The summed E-state index contributed by atoms with van der Waals surface area (Å²) in [5.74, 6) is 0.140. The predicted molar refractivity (Wildman–Crippen MR) is 67.4 cm³/mol. The molecule has 1 aliphatic rings. The molecule has 1 rings (SSSR count). The topological polar surface area (TPSA) is 49.4 Å². The summed E-state index contributed by atoms with van der Waals surface area (Å²) >= 11 is 0. The predicted octanol–water partition coefficient (Wildman–Crippen LogP) is 1.40. The quantitative estimate of drug-likeness (QED) is 0.793. The summed E-state index contributed by atoms with van der Waals surface area (Å²) in [6.07, 6.45) is 0. The Balaban J connectivity index is 3.06. The maximum atomic E-state index is 12.3. The molecule has 1 aliphatic heterocycles. The summed E-state index contributed by atoms with van der Waals surface area (Å²) in [7, 11) is 0. The van der Waals surface area contributed by atoms with E-state index in [0.29, 0.717) is 6.54 Å². The van der Waals surface area contributed by atoms with Crippen molar-refractivity contribution < 1.29 is 9.59 Å². The summed E-state index contributed by atoms with van der Waals surface area (Å²) in [6, 6.07) is -0.740. The fourth-order valence-corrected chi connectivity index (χ4v) is 2.39. The first kappa shape index (κ1) is 14.0. The number of piperazine rings is 1. The monoisotopic (exact) mass is 240 g/mol. The van der Waals surface area contributed by atoms with Gasteiger partial charge in [0.15, 0.2) is 0 Å². The van der Waals surface area contributed by atoms with E-state index in [2.05, 4.69) is 5.32 Å². The zero-order valence-corrected chi connectivity index (χ0v) is 11.7. The van der Waals surface area contributed by atoms with Crippen LogP contribution in [0.1, 0.15) is 41.5 Å². The first-order valence-corrected chi connectivity index (χ1v) is 6.31. The second kappa shape index (κ2) is 4.67. The molecular formula is C13H24N2O2. The molecule has 0 aromatic carbocycles.